The van der Waals surface area contributed by atoms with E-state index in [1.165, 1.54) is 21.3 Å². The van der Waals surface area contributed by atoms with Crippen molar-refractivity contribution in [2.24, 2.45) is 0 Å². The molecule has 8 heteroatoms. The second kappa shape index (κ2) is 8.48. The molecule has 0 heterocycles. The van der Waals surface area contributed by atoms with Crippen LogP contribution in [0.2, 0.25) is 0 Å². The Morgan fingerprint density at radius 2 is 1.88 bits per heavy atom. The number of rotatable bonds is 8. The minimum absolute atomic E-state index is 0.127. The number of aliphatic hydroxyl groups excluding tert-OH is 1. The Morgan fingerprint density at radius 3 is 2.31 bits per heavy atom. The van der Waals surface area contributed by atoms with Crippen LogP contribution < -0.4 is 5.32 Å². The lowest BCUT2D eigenvalue weighted by Gasteiger charge is -2.24. The van der Waals surface area contributed by atoms with Crippen molar-refractivity contribution in [2.75, 3.05) is 46.9 Å². The smallest absolute Gasteiger partial charge is 0.407 e. The maximum atomic E-state index is 11.2. The summed E-state index contributed by atoms with van der Waals surface area (Å²) in [7, 11) is 1.67. The van der Waals surface area contributed by atoms with Gasteiger partial charge < -0.3 is 28.7 Å². The van der Waals surface area contributed by atoms with Gasteiger partial charge in [0.25, 0.3) is 0 Å². The second-order valence-corrected chi connectivity index (χ2v) is 6.27. The molecule has 0 aromatic heterocycles. The molecule has 2 N–H and O–H groups in total. The van der Waals surface area contributed by atoms with E-state index in [1.807, 2.05) is 0 Å². The summed E-state index contributed by atoms with van der Waals surface area (Å²) in [5.41, 5.74) is 0. The highest BCUT2D eigenvalue weighted by Crippen LogP contribution is 2.01. The van der Waals surface area contributed by atoms with Crippen molar-refractivity contribution in [3.05, 3.63) is 0 Å². The summed E-state index contributed by atoms with van der Waals surface area (Å²) in [4.78, 5) is 11.2. The summed E-state index contributed by atoms with van der Waals surface area (Å²) in [6.07, 6.45) is -0.697. The van der Waals surface area contributed by atoms with E-state index in [0.29, 0.717) is 6.61 Å². The third kappa shape index (κ3) is 5.42. The Labute approximate surface area is 95.9 Å². The van der Waals surface area contributed by atoms with Gasteiger partial charge in [-0.2, -0.15) is 0 Å². The van der Waals surface area contributed by atoms with Crippen molar-refractivity contribution in [3.8, 4) is 0 Å². The third-order valence-electron chi connectivity index (χ3n) is 2.01. The summed E-state index contributed by atoms with van der Waals surface area (Å²) in [5.74, 6) is 0. The average molecular weight is 253 g/mol. The number of hydrogen-bond acceptors (Lipinski definition) is 6. The molecule has 0 aromatic carbocycles. The largest absolute Gasteiger partial charge is 0.447 e. The lowest BCUT2D eigenvalue weighted by molar-refractivity contribution is 0.0981. The number of carbonyl (C=O) groups excluding carboxylic acids is 1. The van der Waals surface area contributed by atoms with Crippen LogP contribution in [0.1, 0.15) is 0 Å². The zero-order valence-electron chi connectivity index (χ0n) is 9.82. The first-order chi connectivity index (χ1) is 7.64. The Hall–Kier alpha value is -0.673. The third-order valence-corrected chi connectivity index (χ3v) is 4.69. The fourth-order valence-electron chi connectivity index (χ4n) is 0.888. The summed E-state index contributed by atoms with van der Waals surface area (Å²) in [6, 6.07) is 0. The molecule has 0 aromatic rings. The van der Waals surface area contributed by atoms with Crippen LogP contribution in [0, 0.1) is 0 Å². The summed E-state index contributed by atoms with van der Waals surface area (Å²) in [5, 5.41) is 11.6. The van der Waals surface area contributed by atoms with Gasteiger partial charge in [0.1, 0.15) is 6.61 Å². The van der Waals surface area contributed by atoms with Crippen molar-refractivity contribution in [3.63, 3.8) is 0 Å². The maximum Gasteiger partial charge on any atom is 0.407 e. The van der Waals surface area contributed by atoms with E-state index in [0.717, 1.165) is 0 Å². The fourth-order valence-corrected chi connectivity index (χ4v) is 2.13. The molecule has 0 saturated heterocycles. The van der Waals surface area contributed by atoms with E-state index in [4.69, 9.17) is 23.4 Å². The highest BCUT2D eigenvalue weighted by molar-refractivity contribution is 6.67. The number of alkyl carbamates (subject to hydrolysis) is 1. The van der Waals surface area contributed by atoms with Gasteiger partial charge in [-0.15, -0.1) is 0 Å². The van der Waals surface area contributed by atoms with Gasteiger partial charge in [0.2, 0.25) is 0 Å². The molecule has 1 amide bonds. The minimum atomic E-state index is -2.72. The lowest BCUT2D eigenvalue weighted by Crippen LogP contribution is -2.54. The van der Waals surface area contributed by atoms with Crippen molar-refractivity contribution in [1.29, 1.82) is 0 Å². The van der Waals surface area contributed by atoms with E-state index in [-0.39, 0.29) is 19.0 Å². The number of ether oxygens (including phenoxy) is 2. The Kier molecular flexibility index (Phi) is 8.12. The molecule has 0 bridgehead atoms. The minimum Gasteiger partial charge on any atom is -0.447 e. The molecule has 0 rings (SSSR count). The lowest BCUT2D eigenvalue weighted by atomic mass is 10.8. The predicted molar refractivity (Wildman–Crippen MR) is 58.1 cm³/mol. The van der Waals surface area contributed by atoms with Gasteiger partial charge in [-0.25, -0.2) is 4.79 Å². The number of aliphatic hydroxyl groups is 1. The normalized spacial score (nSPS) is 11.2. The van der Waals surface area contributed by atoms with Crippen LogP contribution in [-0.2, 0) is 18.3 Å². The van der Waals surface area contributed by atoms with Crippen LogP contribution in [0.3, 0.4) is 0 Å². The summed E-state index contributed by atoms with van der Waals surface area (Å²) in [6.45, 7) is 0.514. The molecule has 16 heavy (non-hydrogen) atoms. The molecular weight excluding hydrogens is 234 g/mol. The van der Waals surface area contributed by atoms with Crippen LogP contribution in [0.5, 0.6) is 0 Å². The molecule has 0 atom stereocenters. The number of carbonyl (C=O) groups is 1. The standard InChI is InChI=1S/C8H19NO6Si/c1-12-4-5-15-8(11)9-6-16(7-10,13-2)14-3/h10H,4-7H2,1-3H3,(H,9,11). The summed E-state index contributed by atoms with van der Waals surface area (Å²) >= 11 is 0. The van der Waals surface area contributed by atoms with Gasteiger partial charge in [-0.05, 0) is 0 Å². The molecule has 0 spiro atoms. The SMILES string of the molecule is COCCOC(=O)NC[Si](CO)(OC)OC. The van der Waals surface area contributed by atoms with Gasteiger partial charge in [0.15, 0.2) is 0 Å². The molecule has 0 fully saturated rings. The number of amides is 1. The average Bonchev–Trinajstić information content (AvgIpc) is 2.32. The fraction of sp³-hybridized carbons (Fsp3) is 0.875. The Morgan fingerprint density at radius 1 is 1.25 bits per heavy atom. The Balaban J connectivity index is 3.87. The number of methoxy groups -OCH3 is 1. The van der Waals surface area contributed by atoms with Gasteiger partial charge in [-0.1, -0.05) is 0 Å². The monoisotopic (exact) mass is 253 g/mol. The second-order valence-electron chi connectivity index (χ2n) is 2.96. The molecule has 0 radical (unpaired) electrons. The molecule has 0 aliphatic carbocycles. The Bertz CT molecular complexity index is 191. The van der Waals surface area contributed by atoms with E-state index >= 15 is 0 Å². The molecule has 96 valence electrons. The highest BCUT2D eigenvalue weighted by atomic mass is 28.4. The van der Waals surface area contributed by atoms with Crippen LogP contribution in [-0.4, -0.2) is 66.7 Å². The van der Waals surface area contributed by atoms with Crippen molar-refractivity contribution >= 4 is 14.7 Å². The summed E-state index contributed by atoms with van der Waals surface area (Å²) < 4.78 is 19.6. The highest BCUT2D eigenvalue weighted by Gasteiger charge is 2.35. The first-order valence-corrected chi connectivity index (χ1v) is 6.98. The van der Waals surface area contributed by atoms with E-state index in [9.17, 15) is 4.79 Å². The van der Waals surface area contributed by atoms with E-state index in [1.54, 1.807) is 0 Å². The molecule has 0 unspecified atom stereocenters. The number of hydrogen-bond donors (Lipinski definition) is 2. The van der Waals surface area contributed by atoms with Crippen molar-refractivity contribution in [2.45, 2.75) is 0 Å². The predicted octanol–water partition coefficient (Wildman–Crippen LogP) is -0.835. The van der Waals surface area contributed by atoms with Gasteiger partial charge in [-0.3, -0.25) is 0 Å². The van der Waals surface area contributed by atoms with Crippen LogP contribution in [0.4, 0.5) is 4.79 Å². The van der Waals surface area contributed by atoms with E-state index < -0.39 is 14.7 Å². The zero-order chi connectivity index (χ0) is 12.4. The molecule has 0 saturated carbocycles. The first-order valence-electron chi connectivity index (χ1n) is 4.75. The van der Waals surface area contributed by atoms with Crippen LogP contribution in [0.25, 0.3) is 0 Å². The number of nitrogens with one attached hydrogen (secondary N) is 1. The van der Waals surface area contributed by atoms with E-state index in [2.05, 4.69) is 5.32 Å². The maximum absolute atomic E-state index is 11.2. The van der Waals surface area contributed by atoms with Crippen molar-refractivity contribution in [1.82, 2.24) is 5.32 Å². The molecule has 7 nitrogen and oxygen atoms in total. The van der Waals surface area contributed by atoms with Crippen LogP contribution >= 0.6 is 0 Å². The molecular formula is C8H19NO6Si. The topological polar surface area (TPSA) is 86.3 Å². The molecule has 0 aliphatic heterocycles. The van der Waals surface area contributed by atoms with Gasteiger partial charge >= 0.3 is 14.7 Å². The van der Waals surface area contributed by atoms with Gasteiger partial charge in [0.05, 0.1) is 19.0 Å². The first kappa shape index (κ1) is 15.3. The van der Waals surface area contributed by atoms with Crippen LogP contribution in [0.15, 0.2) is 0 Å². The zero-order valence-corrected chi connectivity index (χ0v) is 10.8. The van der Waals surface area contributed by atoms with Crippen molar-refractivity contribution < 1.29 is 28.2 Å². The quantitative estimate of drug-likeness (QED) is 0.433. The van der Waals surface area contributed by atoms with Gasteiger partial charge in [0, 0.05) is 21.3 Å². The molecule has 0 aliphatic rings.